The number of halogens is 1. The van der Waals surface area contributed by atoms with Crippen LogP contribution in [0.15, 0.2) is 24.3 Å². The molecular formula is C11H15FO2. The van der Waals surface area contributed by atoms with E-state index < -0.39 is 6.10 Å². The second-order valence-electron chi connectivity index (χ2n) is 3.14. The van der Waals surface area contributed by atoms with E-state index in [4.69, 9.17) is 4.74 Å². The topological polar surface area (TPSA) is 29.5 Å². The van der Waals surface area contributed by atoms with Crippen molar-refractivity contribution in [1.29, 1.82) is 0 Å². The molecule has 1 rings (SSSR count). The first-order valence-electron chi connectivity index (χ1n) is 4.71. The van der Waals surface area contributed by atoms with E-state index in [0.29, 0.717) is 18.8 Å². The van der Waals surface area contributed by atoms with Crippen molar-refractivity contribution in [2.45, 2.75) is 19.4 Å². The molecule has 3 heteroatoms. The van der Waals surface area contributed by atoms with Crippen molar-refractivity contribution in [2.75, 3.05) is 13.3 Å². The van der Waals surface area contributed by atoms with Gasteiger partial charge in [-0.15, -0.1) is 0 Å². The Balaban J connectivity index is 2.55. The average molecular weight is 198 g/mol. The number of aliphatic hydroxyl groups is 1. The van der Waals surface area contributed by atoms with Crippen LogP contribution in [0.2, 0.25) is 0 Å². The summed E-state index contributed by atoms with van der Waals surface area (Å²) in [6.07, 6.45) is -0.0986. The van der Waals surface area contributed by atoms with Gasteiger partial charge in [0.05, 0.1) is 19.4 Å². The Labute approximate surface area is 83.3 Å². The minimum atomic E-state index is -0.500. The average Bonchev–Trinajstić information content (AvgIpc) is 2.19. The summed E-state index contributed by atoms with van der Waals surface area (Å²) in [5.74, 6) is 0.678. The quantitative estimate of drug-likeness (QED) is 0.736. The van der Waals surface area contributed by atoms with Crippen LogP contribution >= 0.6 is 0 Å². The molecule has 2 nitrogen and oxygen atoms in total. The van der Waals surface area contributed by atoms with Gasteiger partial charge in [-0.25, -0.2) is 0 Å². The predicted molar refractivity (Wildman–Crippen MR) is 53.2 cm³/mol. The lowest BCUT2D eigenvalue weighted by Gasteiger charge is -2.08. The first kappa shape index (κ1) is 11.0. The summed E-state index contributed by atoms with van der Waals surface area (Å²) < 4.78 is 17.1. The van der Waals surface area contributed by atoms with Gasteiger partial charge in [0.15, 0.2) is 0 Å². The van der Waals surface area contributed by atoms with Crippen molar-refractivity contribution in [3.05, 3.63) is 29.8 Å². The van der Waals surface area contributed by atoms with Crippen LogP contribution in [0.3, 0.4) is 0 Å². The van der Waals surface area contributed by atoms with Gasteiger partial charge < -0.3 is 9.84 Å². The molecule has 0 amide bonds. The summed E-state index contributed by atoms with van der Waals surface area (Å²) in [5.41, 5.74) is 0.808. The molecule has 1 atom stereocenters. The van der Waals surface area contributed by atoms with Crippen LogP contribution in [0, 0.1) is 0 Å². The van der Waals surface area contributed by atoms with Crippen LogP contribution in [0.25, 0.3) is 0 Å². The zero-order chi connectivity index (χ0) is 10.4. The number of benzene rings is 1. The lowest BCUT2D eigenvalue weighted by molar-refractivity contribution is 0.198. The minimum Gasteiger partial charge on any atom is -0.493 e. The summed E-state index contributed by atoms with van der Waals surface area (Å²) in [5, 5.41) is 9.30. The number of aliphatic hydroxyl groups excluding tert-OH is 1. The monoisotopic (exact) mass is 198 g/mol. The smallest absolute Gasteiger partial charge is 0.119 e. The van der Waals surface area contributed by atoms with Crippen LogP contribution in [0.5, 0.6) is 5.75 Å². The van der Waals surface area contributed by atoms with Crippen LogP contribution in [0.4, 0.5) is 4.39 Å². The van der Waals surface area contributed by atoms with Crippen molar-refractivity contribution in [1.82, 2.24) is 0 Å². The van der Waals surface area contributed by atoms with Crippen LogP contribution < -0.4 is 4.74 Å². The van der Waals surface area contributed by atoms with Crippen LogP contribution in [-0.4, -0.2) is 18.4 Å². The van der Waals surface area contributed by atoms with Gasteiger partial charge in [0.25, 0.3) is 0 Å². The number of rotatable bonds is 5. The zero-order valence-electron chi connectivity index (χ0n) is 8.24. The zero-order valence-corrected chi connectivity index (χ0v) is 8.24. The predicted octanol–water partition coefficient (Wildman–Crippen LogP) is 2.48. The molecule has 0 radical (unpaired) electrons. The number of hydrogen-bond acceptors (Lipinski definition) is 2. The maximum absolute atomic E-state index is 11.8. The van der Waals surface area contributed by atoms with Crippen LogP contribution in [0.1, 0.15) is 25.0 Å². The summed E-state index contributed by atoms with van der Waals surface area (Å²) in [6, 6.07) is 7.20. The maximum Gasteiger partial charge on any atom is 0.119 e. The highest BCUT2D eigenvalue weighted by molar-refractivity contribution is 5.29. The molecule has 1 aromatic carbocycles. The third-order valence-corrected chi connectivity index (χ3v) is 1.89. The van der Waals surface area contributed by atoms with Gasteiger partial charge >= 0.3 is 0 Å². The van der Waals surface area contributed by atoms with E-state index in [0.717, 1.165) is 5.56 Å². The summed E-state index contributed by atoms with van der Waals surface area (Å²) in [6.45, 7) is 1.70. The molecule has 0 unspecified atom stereocenters. The number of hydrogen-bond donors (Lipinski definition) is 1. The Bertz CT molecular complexity index is 274. The van der Waals surface area contributed by atoms with Crippen molar-refractivity contribution in [3.8, 4) is 5.75 Å². The molecular weight excluding hydrogens is 183 g/mol. The van der Waals surface area contributed by atoms with E-state index in [1.807, 2.05) is 12.1 Å². The van der Waals surface area contributed by atoms with E-state index >= 15 is 0 Å². The van der Waals surface area contributed by atoms with E-state index in [2.05, 4.69) is 0 Å². The van der Waals surface area contributed by atoms with Gasteiger partial charge in [0.2, 0.25) is 0 Å². The van der Waals surface area contributed by atoms with Crippen molar-refractivity contribution in [3.63, 3.8) is 0 Å². The largest absolute Gasteiger partial charge is 0.493 e. The first-order valence-corrected chi connectivity index (χ1v) is 4.71. The standard InChI is InChI=1S/C11H15FO2/c1-9(13)10-4-2-5-11(8-10)14-7-3-6-12/h2,4-5,8-9,13H,3,6-7H2,1H3/t9-/m0/s1. The van der Waals surface area contributed by atoms with E-state index in [1.54, 1.807) is 19.1 Å². The normalized spacial score (nSPS) is 12.5. The molecule has 0 aliphatic heterocycles. The molecule has 0 aliphatic rings. The maximum atomic E-state index is 11.8. The molecule has 1 N–H and O–H groups in total. The Hall–Kier alpha value is -1.09. The van der Waals surface area contributed by atoms with E-state index in [9.17, 15) is 9.50 Å². The molecule has 0 fully saturated rings. The second-order valence-corrected chi connectivity index (χ2v) is 3.14. The molecule has 78 valence electrons. The first-order chi connectivity index (χ1) is 6.74. The van der Waals surface area contributed by atoms with E-state index in [1.165, 1.54) is 0 Å². The SMILES string of the molecule is C[C@H](O)c1cccc(OCCCF)c1. The van der Waals surface area contributed by atoms with E-state index in [-0.39, 0.29) is 6.67 Å². The molecule has 0 heterocycles. The van der Waals surface area contributed by atoms with Gasteiger partial charge in [-0.3, -0.25) is 4.39 Å². The molecule has 0 spiro atoms. The molecule has 14 heavy (non-hydrogen) atoms. The highest BCUT2D eigenvalue weighted by Crippen LogP contribution is 2.18. The van der Waals surface area contributed by atoms with Gasteiger partial charge in [-0.1, -0.05) is 12.1 Å². The number of ether oxygens (including phenoxy) is 1. The van der Waals surface area contributed by atoms with Gasteiger partial charge in [-0.05, 0) is 24.6 Å². The highest BCUT2D eigenvalue weighted by Gasteiger charge is 2.01. The Morgan fingerprint density at radius 3 is 2.93 bits per heavy atom. The van der Waals surface area contributed by atoms with Gasteiger partial charge in [-0.2, -0.15) is 0 Å². The lowest BCUT2D eigenvalue weighted by Crippen LogP contribution is -1.99. The fourth-order valence-corrected chi connectivity index (χ4v) is 1.11. The fraction of sp³-hybridized carbons (Fsp3) is 0.455. The second kappa shape index (κ2) is 5.60. The lowest BCUT2D eigenvalue weighted by atomic mass is 10.1. The molecule has 0 bridgehead atoms. The Morgan fingerprint density at radius 1 is 1.50 bits per heavy atom. The third-order valence-electron chi connectivity index (χ3n) is 1.89. The fourth-order valence-electron chi connectivity index (χ4n) is 1.11. The highest BCUT2D eigenvalue weighted by atomic mass is 19.1. The number of alkyl halides is 1. The van der Waals surface area contributed by atoms with Gasteiger partial charge in [0.1, 0.15) is 5.75 Å². The summed E-state index contributed by atoms with van der Waals surface area (Å²) in [4.78, 5) is 0. The van der Waals surface area contributed by atoms with Crippen molar-refractivity contribution in [2.24, 2.45) is 0 Å². The third kappa shape index (κ3) is 3.34. The van der Waals surface area contributed by atoms with Crippen LogP contribution in [-0.2, 0) is 0 Å². The molecule has 0 saturated heterocycles. The summed E-state index contributed by atoms with van der Waals surface area (Å²) in [7, 11) is 0. The minimum absolute atomic E-state index is 0.365. The molecule has 0 aliphatic carbocycles. The van der Waals surface area contributed by atoms with Gasteiger partial charge in [0, 0.05) is 6.42 Å². The van der Waals surface area contributed by atoms with Crippen molar-refractivity contribution < 1.29 is 14.2 Å². The Kier molecular flexibility index (Phi) is 4.40. The van der Waals surface area contributed by atoms with Crippen molar-refractivity contribution >= 4 is 0 Å². The molecule has 0 aromatic heterocycles. The molecule has 1 aromatic rings. The Morgan fingerprint density at radius 2 is 2.29 bits per heavy atom. The molecule has 0 saturated carbocycles. The summed E-state index contributed by atoms with van der Waals surface area (Å²) >= 11 is 0.